The summed E-state index contributed by atoms with van der Waals surface area (Å²) in [6.45, 7) is 1.79. The Kier molecular flexibility index (Phi) is 6.04. The van der Waals surface area contributed by atoms with Crippen LogP contribution in [0.3, 0.4) is 0 Å². The van der Waals surface area contributed by atoms with Gasteiger partial charge in [0.25, 0.3) is 5.91 Å². The molecule has 0 spiro atoms. The first kappa shape index (κ1) is 21.8. The number of ether oxygens (including phenoxy) is 4. The summed E-state index contributed by atoms with van der Waals surface area (Å²) in [5.74, 6) is 2.67. The van der Waals surface area contributed by atoms with Crippen molar-refractivity contribution in [2.75, 3.05) is 27.9 Å². The van der Waals surface area contributed by atoms with Crippen LogP contribution in [0.15, 0.2) is 12.1 Å². The molecule has 7 nitrogen and oxygen atoms in total. The molecule has 4 bridgehead atoms. The Morgan fingerprint density at radius 2 is 1.45 bits per heavy atom. The number of hydrogen-bond acceptors (Lipinski definition) is 6. The summed E-state index contributed by atoms with van der Waals surface area (Å²) >= 11 is 0. The molecule has 0 aliphatic heterocycles. The minimum Gasteiger partial charge on any atom is -0.496 e. The topological polar surface area (TPSA) is 83.1 Å². The van der Waals surface area contributed by atoms with Gasteiger partial charge in [-0.3, -0.25) is 4.79 Å². The van der Waals surface area contributed by atoms with E-state index in [1.807, 2.05) is 0 Å². The highest BCUT2D eigenvalue weighted by Gasteiger charge is 2.53. The van der Waals surface area contributed by atoms with Crippen LogP contribution in [0.4, 0.5) is 0 Å². The van der Waals surface area contributed by atoms with Crippen molar-refractivity contribution in [3.63, 3.8) is 0 Å². The first-order valence-electron chi connectivity index (χ1n) is 11.1. The third-order valence-corrected chi connectivity index (χ3v) is 7.64. The van der Waals surface area contributed by atoms with Crippen LogP contribution in [0.2, 0.25) is 0 Å². The highest BCUT2D eigenvalue weighted by molar-refractivity contribution is 5.95. The highest BCUT2D eigenvalue weighted by Crippen LogP contribution is 2.61. The van der Waals surface area contributed by atoms with E-state index in [1.54, 1.807) is 6.07 Å². The monoisotopic (exact) mass is 431 g/mol. The number of nitrogens with one attached hydrogen (secondary N) is 1. The maximum absolute atomic E-state index is 12.6. The average Bonchev–Trinajstić information content (AvgIpc) is 2.75. The van der Waals surface area contributed by atoms with Crippen LogP contribution in [0.5, 0.6) is 17.2 Å². The normalized spacial score (nSPS) is 29.2. The fraction of sp³-hybridized carbons (Fsp3) is 0.667. The zero-order valence-corrected chi connectivity index (χ0v) is 18.9. The molecule has 0 saturated heterocycles. The summed E-state index contributed by atoms with van der Waals surface area (Å²) in [5.41, 5.74) is 0.392. The number of methoxy groups -OCH3 is 3. The minimum atomic E-state index is -0.643. The van der Waals surface area contributed by atoms with Gasteiger partial charge in [0.05, 0.1) is 21.3 Å². The predicted molar refractivity (Wildman–Crippen MR) is 115 cm³/mol. The number of esters is 1. The van der Waals surface area contributed by atoms with Gasteiger partial charge in [0.1, 0.15) is 11.3 Å². The van der Waals surface area contributed by atoms with E-state index in [2.05, 4.69) is 12.2 Å². The Bertz CT molecular complexity index is 815. The fourth-order valence-corrected chi connectivity index (χ4v) is 6.54. The summed E-state index contributed by atoms with van der Waals surface area (Å²) < 4.78 is 21.1. The Labute approximate surface area is 183 Å². The van der Waals surface area contributed by atoms with Crippen LogP contribution in [-0.2, 0) is 9.53 Å². The Morgan fingerprint density at radius 1 is 0.935 bits per heavy atom. The average molecular weight is 432 g/mol. The number of carbonyl (C=O) groups is 2. The maximum atomic E-state index is 12.6. The van der Waals surface area contributed by atoms with Crippen LogP contribution >= 0.6 is 0 Å². The number of rotatable bonds is 8. The third-order valence-electron chi connectivity index (χ3n) is 7.64. The van der Waals surface area contributed by atoms with E-state index in [1.165, 1.54) is 65.9 Å². The molecule has 1 aromatic rings. The van der Waals surface area contributed by atoms with Gasteiger partial charge in [-0.1, -0.05) is 0 Å². The largest absolute Gasteiger partial charge is 0.496 e. The van der Waals surface area contributed by atoms with E-state index in [4.69, 9.17) is 18.9 Å². The number of hydrogen-bond donors (Lipinski definition) is 1. The lowest BCUT2D eigenvalue weighted by Gasteiger charge is -2.59. The molecule has 7 heteroatoms. The molecule has 1 amide bonds. The highest BCUT2D eigenvalue weighted by atomic mass is 16.5. The van der Waals surface area contributed by atoms with E-state index in [-0.39, 0.29) is 29.5 Å². The molecule has 1 aromatic carbocycles. The first-order chi connectivity index (χ1) is 14.9. The Balaban J connectivity index is 1.36. The van der Waals surface area contributed by atoms with Crippen molar-refractivity contribution in [2.45, 2.75) is 51.5 Å². The first-order valence-corrected chi connectivity index (χ1v) is 11.1. The van der Waals surface area contributed by atoms with Crippen molar-refractivity contribution in [2.24, 2.45) is 23.2 Å². The van der Waals surface area contributed by atoms with E-state index in [0.29, 0.717) is 17.2 Å². The third kappa shape index (κ3) is 4.19. The van der Waals surface area contributed by atoms with Crippen molar-refractivity contribution < 1.29 is 28.5 Å². The molecule has 4 saturated carbocycles. The Hall–Kier alpha value is -2.44. The van der Waals surface area contributed by atoms with Gasteiger partial charge in [-0.25, -0.2) is 4.79 Å². The van der Waals surface area contributed by atoms with Gasteiger partial charge in [0, 0.05) is 18.2 Å². The van der Waals surface area contributed by atoms with Crippen LogP contribution in [0.1, 0.15) is 55.8 Å². The molecular formula is C24H33NO6. The molecule has 0 radical (unpaired) electrons. The fourth-order valence-electron chi connectivity index (χ4n) is 6.54. The van der Waals surface area contributed by atoms with Crippen LogP contribution in [0, 0.1) is 23.2 Å². The van der Waals surface area contributed by atoms with Gasteiger partial charge in [0.2, 0.25) is 0 Å². The van der Waals surface area contributed by atoms with Gasteiger partial charge in [0.15, 0.2) is 18.1 Å². The van der Waals surface area contributed by atoms with Crippen molar-refractivity contribution >= 4 is 11.9 Å². The van der Waals surface area contributed by atoms with Crippen LogP contribution in [-0.4, -0.2) is 45.9 Å². The van der Waals surface area contributed by atoms with E-state index in [9.17, 15) is 9.59 Å². The van der Waals surface area contributed by atoms with Gasteiger partial charge in [-0.2, -0.15) is 0 Å². The molecular weight excluding hydrogens is 398 g/mol. The summed E-state index contributed by atoms with van der Waals surface area (Å²) in [6.07, 6.45) is 7.73. The molecule has 4 fully saturated rings. The van der Waals surface area contributed by atoms with Crippen LogP contribution in [0.25, 0.3) is 0 Å². The lowest BCUT2D eigenvalue weighted by Crippen LogP contribution is -2.56. The zero-order chi connectivity index (χ0) is 22.2. The van der Waals surface area contributed by atoms with Crippen molar-refractivity contribution in [1.82, 2.24) is 5.32 Å². The molecule has 1 N–H and O–H groups in total. The summed E-state index contributed by atoms with van der Waals surface area (Å²) in [4.78, 5) is 25.2. The quantitative estimate of drug-likeness (QED) is 0.634. The van der Waals surface area contributed by atoms with Crippen molar-refractivity contribution in [3.8, 4) is 17.2 Å². The SMILES string of the molecule is COc1cc(OC)c(C(=O)OCC(=O)NC(C)C23CC4CC(CC(C4)C2)C3)cc1OC. The molecule has 4 aliphatic rings. The lowest BCUT2D eigenvalue weighted by atomic mass is 9.48. The summed E-state index contributed by atoms with van der Waals surface area (Å²) in [5, 5.41) is 3.12. The molecule has 0 heterocycles. The molecule has 5 rings (SSSR count). The molecule has 1 atom stereocenters. The van der Waals surface area contributed by atoms with E-state index in [0.717, 1.165) is 17.8 Å². The lowest BCUT2D eigenvalue weighted by molar-refractivity contribution is -0.128. The standard InChI is InChI=1S/C24H33NO6/c1-14(24-10-15-5-16(11-24)7-17(6-15)12-24)25-22(26)13-31-23(27)18-8-20(29-3)21(30-4)9-19(18)28-2/h8-9,14-17H,5-7,10-13H2,1-4H3,(H,25,26). The molecule has 1 unspecified atom stereocenters. The molecule has 170 valence electrons. The van der Waals surface area contributed by atoms with Gasteiger partial charge >= 0.3 is 5.97 Å². The second kappa shape index (κ2) is 8.60. The second-order valence-corrected chi connectivity index (χ2v) is 9.55. The number of amides is 1. The number of benzene rings is 1. The van der Waals surface area contributed by atoms with Gasteiger partial charge in [-0.05, 0) is 68.6 Å². The number of carbonyl (C=O) groups excluding carboxylic acids is 2. The van der Waals surface area contributed by atoms with E-state index < -0.39 is 5.97 Å². The molecule has 0 aromatic heterocycles. The van der Waals surface area contributed by atoms with Gasteiger partial charge < -0.3 is 24.3 Å². The van der Waals surface area contributed by atoms with Gasteiger partial charge in [-0.15, -0.1) is 0 Å². The molecule has 4 aliphatic carbocycles. The smallest absolute Gasteiger partial charge is 0.342 e. The van der Waals surface area contributed by atoms with Crippen LogP contribution < -0.4 is 19.5 Å². The van der Waals surface area contributed by atoms with Crippen molar-refractivity contribution in [3.05, 3.63) is 17.7 Å². The minimum absolute atomic E-state index is 0.0859. The predicted octanol–water partition coefficient (Wildman–Crippen LogP) is 3.59. The van der Waals surface area contributed by atoms with Crippen molar-refractivity contribution in [1.29, 1.82) is 0 Å². The van der Waals surface area contributed by atoms with E-state index >= 15 is 0 Å². The summed E-state index contributed by atoms with van der Waals surface area (Å²) in [7, 11) is 4.45. The zero-order valence-electron chi connectivity index (χ0n) is 18.9. The maximum Gasteiger partial charge on any atom is 0.342 e. The summed E-state index contributed by atoms with van der Waals surface area (Å²) in [6, 6.07) is 3.14. The Morgan fingerprint density at radius 3 is 1.97 bits per heavy atom. The second-order valence-electron chi connectivity index (χ2n) is 9.55. The molecule has 31 heavy (non-hydrogen) atoms.